The molecular formula is C42H58FN5O7. The molecule has 0 aromatic heterocycles. The molecule has 3 aliphatic heterocycles. The van der Waals surface area contributed by atoms with E-state index in [0.29, 0.717) is 89.0 Å². The van der Waals surface area contributed by atoms with Crippen molar-refractivity contribution in [2.75, 3.05) is 70.3 Å². The third kappa shape index (κ3) is 10.4. The van der Waals surface area contributed by atoms with Gasteiger partial charge in [0, 0.05) is 82.1 Å². The molecule has 1 saturated carbocycles. The van der Waals surface area contributed by atoms with Crippen LogP contribution in [0.2, 0.25) is 0 Å². The standard InChI is InChI=1S/C42H58FN5O7/c1-41(2,3)54-39(51)47-22-16-44(17-23-47)33-25-31(24-32(43)27-33)38(50)46-20-18-45(19-21-46)37(49)30-12-13-36(35(26-30)29-10-8-7-9-11-29)53-34-14-15-48(28-34)40(52)55-42(4,5)6/h12-13,24-27,29,34H,7-11,14-23,28H2,1-6H3/t34-/m0/s1. The monoisotopic (exact) mass is 763 g/mol. The van der Waals surface area contributed by atoms with Crippen molar-refractivity contribution in [2.24, 2.45) is 0 Å². The Kier molecular flexibility index (Phi) is 12.2. The molecule has 12 nitrogen and oxygen atoms in total. The second kappa shape index (κ2) is 16.7. The summed E-state index contributed by atoms with van der Waals surface area (Å²) >= 11 is 0. The Bertz CT molecular complexity index is 1720. The van der Waals surface area contributed by atoms with Crippen LogP contribution in [0, 0.1) is 5.82 Å². The molecule has 1 aliphatic carbocycles. The van der Waals surface area contributed by atoms with Gasteiger partial charge in [0.1, 0.15) is 28.9 Å². The molecule has 0 spiro atoms. The minimum atomic E-state index is -0.588. The molecule has 2 aromatic carbocycles. The van der Waals surface area contributed by atoms with Gasteiger partial charge in [-0.3, -0.25) is 9.59 Å². The topological polar surface area (TPSA) is 112 Å². The molecule has 3 saturated heterocycles. The summed E-state index contributed by atoms with van der Waals surface area (Å²) in [5.41, 5.74) is 1.34. The highest BCUT2D eigenvalue weighted by atomic mass is 19.1. The lowest BCUT2D eigenvalue weighted by Crippen LogP contribution is -2.51. The van der Waals surface area contributed by atoms with Gasteiger partial charge >= 0.3 is 12.2 Å². The summed E-state index contributed by atoms with van der Waals surface area (Å²) in [6, 6.07) is 10.1. The average Bonchev–Trinajstić information content (AvgIpc) is 3.62. The van der Waals surface area contributed by atoms with Crippen LogP contribution in [0.1, 0.15) is 112 Å². The van der Waals surface area contributed by atoms with E-state index in [1.165, 1.54) is 18.6 Å². The summed E-state index contributed by atoms with van der Waals surface area (Å²) in [6.45, 7) is 15.3. The van der Waals surface area contributed by atoms with Crippen LogP contribution in [0.25, 0.3) is 0 Å². The van der Waals surface area contributed by atoms with Crippen LogP contribution < -0.4 is 9.64 Å². The second-order valence-corrected chi connectivity index (χ2v) is 17.3. The van der Waals surface area contributed by atoms with E-state index in [1.807, 2.05) is 64.6 Å². The zero-order valence-electron chi connectivity index (χ0n) is 33.4. The van der Waals surface area contributed by atoms with Gasteiger partial charge in [-0.2, -0.15) is 0 Å². The maximum atomic E-state index is 14.9. The van der Waals surface area contributed by atoms with Crippen LogP contribution in [-0.4, -0.2) is 126 Å². The molecule has 300 valence electrons. The lowest BCUT2D eigenvalue weighted by atomic mass is 9.83. The summed E-state index contributed by atoms with van der Waals surface area (Å²) in [4.78, 5) is 61.5. The first kappa shape index (κ1) is 40.1. The van der Waals surface area contributed by atoms with Crippen LogP contribution >= 0.6 is 0 Å². The Hall–Kier alpha value is -4.55. The zero-order chi connectivity index (χ0) is 39.5. The van der Waals surface area contributed by atoms with Crippen LogP contribution in [-0.2, 0) is 9.47 Å². The van der Waals surface area contributed by atoms with Gasteiger partial charge in [-0.05, 0) is 102 Å². The lowest BCUT2D eigenvalue weighted by molar-refractivity contribution is 0.0238. The molecule has 4 aliphatic rings. The summed E-state index contributed by atoms with van der Waals surface area (Å²) in [6.07, 6.45) is 5.37. The number of anilines is 1. The maximum absolute atomic E-state index is 14.9. The predicted octanol–water partition coefficient (Wildman–Crippen LogP) is 6.92. The van der Waals surface area contributed by atoms with Crippen LogP contribution in [0.5, 0.6) is 5.75 Å². The number of piperazine rings is 2. The Morgan fingerprint density at radius 2 is 1.18 bits per heavy atom. The van der Waals surface area contributed by atoms with Crippen molar-refractivity contribution >= 4 is 29.7 Å². The number of carbonyl (C=O) groups is 4. The summed E-state index contributed by atoms with van der Waals surface area (Å²) in [5.74, 6) is 0.192. The number of amides is 4. The fraction of sp³-hybridized carbons (Fsp3) is 0.619. The Balaban J connectivity index is 1.06. The van der Waals surface area contributed by atoms with Gasteiger partial charge < -0.3 is 38.7 Å². The summed E-state index contributed by atoms with van der Waals surface area (Å²) in [7, 11) is 0. The van der Waals surface area contributed by atoms with Crippen LogP contribution in [0.15, 0.2) is 36.4 Å². The molecule has 4 amide bonds. The SMILES string of the molecule is CC(C)(C)OC(=O)N1CCN(c2cc(F)cc(C(=O)N3CCN(C(=O)c4ccc(O[C@H]5CCN(C(=O)OC(C)(C)C)C5)c(C5CCCCC5)c4)CC3)c2)CC1. The van der Waals surface area contributed by atoms with Gasteiger partial charge in [-0.1, -0.05) is 19.3 Å². The van der Waals surface area contributed by atoms with Gasteiger partial charge in [0.15, 0.2) is 0 Å². The molecule has 55 heavy (non-hydrogen) atoms. The van der Waals surface area contributed by atoms with Crippen molar-refractivity contribution in [3.05, 3.63) is 58.9 Å². The molecule has 2 aromatic rings. The fourth-order valence-electron chi connectivity index (χ4n) is 7.85. The van der Waals surface area contributed by atoms with Gasteiger partial charge in [0.2, 0.25) is 0 Å². The molecule has 13 heteroatoms. The van der Waals surface area contributed by atoms with Crippen molar-refractivity contribution < 1.29 is 37.8 Å². The number of hydrogen-bond donors (Lipinski definition) is 0. The highest BCUT2D eigenvalue weighted by Crippen LogP contribution is 2.39. The summed E-state index contributed by atoms with van der Waals surface area (Å²) < 4.78 is 32.5. The maximum Gasteiger partial charge on any atom is 0.410 e. The van der Waals surface area contributed by atoms with E-state index in [4.69, 9.17) is 14.2 Å². The van der Waals surface area contributed by atoms with E-state index < -0.39 is 17.0 Å². The number of benzene rings is 2. The molecule has 6 rings (SSSR count). The zero-order valence-corrected chi connectivity index (χ0v) is 33.4. The largest absolute Gasteiger partial charge is 0.488 e. The van der Waals surface area contributed by atoms with Gasteiger partial charge in [0.25, 0.3) is 11.8 Å². The first-order valence-electron chi connectivity index (χ1n) is 19.9. The van der Waals surface area contributed by atoms with E-state index in [0.717, 1.165) is 37.0 Å². The van der Waals surface area contributed by atoms with E-state index in [1.54, 1.807) is 25.7 Å². The van der Waals surface area contributed by atoms with Crippen molar-refractivity contribution in [1.29, 1.82) is 0 Å². The fourth-order valence-corrected chi connectivity index (χ4v) is 7.85. The third-order valence-electron chi connectivity index (χ3n) is 10.7. The van der Waals surface area contributed by atoms with E-state index in [9.17, 15) is 23.6 Å². The molecule has 4 fully saturated rings. The molecule has 0 radical (unpaired) electrons. The van der Waals surface area contributed by atoms with Crippen molar-refractivity contribution in [3.63, 3.8) is 0 Å². The highest BCUT2D eigenvalue weighted by Gasteiger charge is 2.33. The van der Waals surface area contributed by atoms with Crippen molar-refractivity contribution in [1.82, 2.24) is 19.6 Å². The number of rotatable bonds is 6. The Morgan fingerprint density at radius 1 is 0.618 bits per heavy atom. The number of halogens is 1. The second-order valence-electron chi connectivity index (χ2n) is 17.3. The Labute approximate surface area is 324 Å². The number of hydrogen-bond acceptors (Lipinski definition) is 8. The van der Waals surface area contributed by atoms with E-state index in [-0.39, 0.29) is 35.7 Å². The van der Waals surface area contributed by atoms with Crippen LogP contribution in [0.4, 0.5) is 19.7 Å². The quantitative estimate of drug-likeness (QED) is 0.312. The first-order valence-corrected chi connectivity index (χ1v) is 19.9. The molecule has 0 bridgehead atoms. The lowest BCUT2D eigenvalue weighted by Gasteiger charge is -2.37. The van der Waals surface area contributed by atoms with Crippen molar-refractivity contribution in [2.45, 2.75) is 103 Å². The minimum Gasteiger partial charge on any atom is -0.488 e. The van der Waals surface area contributed by atoms with Gasteiger partial charge in [-0.15, -0.1) is 0 Å². The number of likely N-dealkylation sites (tertiary alicyclic amines) is 1. The number of nitrogens with zero attached hydrogens (tertiary/aromatic N) is 5. The molecule has 1 atom stereocenters. The number of carbonyl (C=O) groups excluding carboxylic acids is 4. The molecular weight excluding hydrogens is 705 g/mol. The minimum absolute atomic E-state index is 0.0914. The molecule has 3 heterocycles. The third-order valence-corrected chi connectivity index (χ3v) is 10.7. The van der Waals surface area contributed by atoms with Gasteiger partial charge in [0.05, 0.1) is 6.54 Å². The van der Waals surface area contributed by atoms with Gasteiger partial charge in [-0.25, -0.2) is 14.0 Å². The molecule has 0 N–H and O–H groups in total. The highest BCUT2D eigenvalue weighted by molar-refractivity contribution is 5.97. The van der Waals surface area contributed by atoms with Crippen molar-refractivity contribution in [3.8, 4) is 5.75 Å². The predicted molar refractivity (Wildman–Crippen MR) is 207 cm³/mol. The van der Waals surface area contributed by atoms with Crippen LogP contribution in [0.3, 0.4) is 0 Å². The molecule has 0 unspecified atom stereocenters. The normalized spacial score (nSPS) is 20.1. The Morgan fingerprint density at radius 3 is 1.78 bits per heavy atom. The average molecular weight is 764 g/mol. The summed E-state index contributed by atoms with van der Waals surface area (Å²) in [5, 5.41) is 0. The van der Waals surface area contributed by atoms with E-state index >= 15 is 0 Å². The first-order chi connectivity index (χ1) is 26.0. The number of ether oxygens (including phenoxy) is 3. The van der Waals surface area contributed by atoms with E-state index in [2.05, 4.69) is 0 Å². The smallest absolute Gasteiger partial charge is 0.410 e.